The summed E-state index contributed by atoms with van der Waals surface area (Å²) in [4.78, 5) is 16.6. The van der Waals surface area contributed by atoms with Crippen molar-refractivity contribution in [1.82, 2.24) is 10.3 Å². The summed E-state index contributed by atoms with van der Waals surface area (Å²) in [5.41, 5.74) is 1.70. The molecular weight excluding hydrogens is 312 g/mol. The molecule has 1 amide bonds. The number of halogens is 1. The number of amides is 1. The summed E-state index contributed by atoms with van der Waals surface area (Å²) in [5, 5.41) is 3.75. The largest absolute Gasteiger partial charge is 0.481 e. The van der Waals surface area contributed by atoms with Gasteiger partial charge in [0.15, 0.2) is 0 Å². The second-order valence-electron chi connectivity index (χ2n) is 5.94. The summed E-state index contributed by atoms with van der Waals surface area (Å²) < 4.78 is 5.09. The molecule has 4 nitrogen and oxygen atoms in total. The Balaban J connectivity index is 1.62. The van der Waals surface area contributed by atoms with Gasteiger partial charge in [0.05, 0.1) is 12.5 Å². The van der Waals surface area contributed by atoms with E-state index < -0.39 is 0 Å². The third kappa shape index (κ3) is 3.64. The Kier molecular flexibility index (Phi) is 4.53. The van der Waals surface area contributed by atoms with Gasteiger partial charge in [-0.15, -0.1) is 0 Å². The van der Waals surface area contributed by atoms with Crippen LogP contribution in [0.1, 0.15) is 24.0 Å². The van der Waals surface area contributed by atoms with Crippen molar-refractivity contribution < 1.29 is 9.53 Å². The van der Waals surface area contributed by atoms with E-state index in [4.69, 9.17) is 16.3 Å². The van der Waals surface area contributed by atoms with Crippen molar-refractivity contribution in [1.29, 1.82) is 0 Å². The molecule has 1 N–H and O–H groups in total. The molecular formula is C18H19ClN2O2. The zero-order valence-corrected chi connectivity index (χ0v) is 13.8. The molecule has 1 saturated carbocycles. The Morgan fingerprint density at radius 2 is 2.13 bits per heavy atom. The van der Waals surface area contributed by atoms with Crippen LogP contribution in [0.25, 0.3) is 0 Å². The number of pyridine rings is 1. The van der Waals surface area contributed by atoms with Gasteiger partial charge in [0, 0.05) is 23.8 Å². The number of nitrogens with zero attached hydrogens (tertiary/aromatic N) is 1. The van der Waals surface area contributed by atoms with Crippen LogP contribution in [0.3, 0.4) is 0 Å². The maximum absolute atomic E-state index is 12.6. The Morgan fingerprint density at radius 1 is 1.35 bits per heavy atom. The van der Waals surface area contributed by atoms with E-state index in [1.165, 1.54) is 0 Å². The van der Waals surface area contributed by atoms with E-state index in [9.17, 15) is 4.79 Å². The van der Waals surface area contributed by atoms with Gasteiger partial charge in [0.1, 0.15) is 0 Å². The minimum atomic E-state index is -0.303. The smallest absolute Gasteiger partial charge is 0.226 e. The highest BCUT2D eigenvalue weighted by Crippen LogP contribution is 2.49. The normalized spacial score (nSPS) is 15.0. The van der Waals surface area contributed by atoms with Crippen LogP contribution >= 0.6 is 11.6 Å². The lowest BCUT2D eigenvalue weighted by Crippen LogP contribution is -2.33. The number of methoxy groups -OCH3 is 1. The molecule has 5 heteroatoms. The molecule has 23 heavy (non-hydrogen) atoms. The monoisotopic (exact) mass is 330 g/mol. The predicted molar refractivity (Wildman–Crippen MR) is 89.5 cm³/mol. The molecule has 0 atom stereocenters. The van der Waals surface area contributed by atoms with Crippen molar-refractivity contribution in [2.75, 3.05) is 7.11 Å². The van der Waals surface area contributed by atoms with Gasteiger partial charge in [-0.05, 0) is 42.5 Å². The van der Waals surface area contributed by atoms with Crippen molar-refractivity contribution in [3.8, 4) is 5.88 Å². The van der Waals surface area contributed by atoms with Crippen LogP contribution in [-0.4, -0.2) is 18.0 Å². The quantitative estimate of drug-likeness (QED) is 0.883. The number of aromatic nitrogens is 1. The van der Waals surface area contributed by atoms with Crippen LogP contribution < -0.4 is 10.1 Å². The highest BCUT2D eigenvalue weighted by molar-refractivity contribution is 6.31. The lowest BCUT2D eigenvalue weighted by atomic mass is 9.95. The van der Waals surface area contributed by atoms with E-state index in [2.05, 4.69) is 10.3 Å². The molecule has 1 aliphatic rings. The van der Waals surface area contributed by atoms with Crippen LogP contribution in [0.4, 0.5) is 0 Å². The van der Waals surface area contributed by atoms with Crippen molar-refractivity contribution in [3.63, 3.8) is 0 Å². The van der Waals surface area contributed by atoms with E-state index in [-0.39, 0.29) is 11.3 Å². The molecule has 2 aromatic rings. The maximum Gasteiger partial charge on any atom is 0.226 e. The Hall–Kier alpha value is -2.07. The highest BCUT2D eigenvalue weighted by atomic mass is 35.5. The van der Waals surface area contributed by atoms with E-state index >= 15 is 0 Å². The third-order valence-electron chi connectivity index (χ3n) is 4.28. The zero-order valence-electron chi connectivity index (χ0n) is 13.0. The Morgan fingerprint density at radius 3 is 2.83 bits per heavy atom. The van der Waals surface area contributed by atoms with Crippen LogP contribution in [-0.2, 0) is 17.8 Å². The fourth-order valence-electron chi connectivity index (χ4n) is 2.68. The summed E-state index contributed by atoms with van der Waals surface area (Å²) in [6.45, 7) is 0.474. The molecule has 1 aliphatic carbocycles. The number of nitrogens with one attached hydrogen (secondary N) is 1. The predicted octanol–water partition coefficient (Wildman–Crippen LogP) is 3.38. The zero-order chi connectivity index (χ0) is 16.3. The summed E-state index contributed by atoms with van der Waals surface area (Å²) >= 11 is 6.22. The number of carbonyl (C=O) groups excluding carboxylic acids is 1. The first kappa shape index (κ1) is 15.8. The molecule has 0 saturated heterocycles. The fourth-order valence-corrected chi connectivity index (χ4v) is 2.89. The first-order valence-corrected chi connectivity index (χ1v) is 8.01. The van der Waals surface area contributed by atoms with Crippen molar-refractivity contribution >= 4 is 17.5 Å². The first-order valence-electron chi connectivity index (χ1n) is 7.64. The molecule has 3 rings (SSSR count). The van der Waals surface area contributed by atoms with Crippen LogP contribution in [0.15, 0.2) is 42.6 Å². The molecule has 1 aromatic heterocycles. The van der Waals surface area contributed by atoms with Gasteiger partial charge in [0.25, 0.3) is 0 Å². The average molecular weight is 331 g/mol. The van der Waals surface area contributed by atoms with Crippen molar-refractivity contribution in [3.05, 3.63) is 58.7 Å². The Bertz CT molecular complexity index is 714. The second kappa shape index (κ2) is 6.59. The number of benzene rings is 1. The van der Waals surface area contributed by atoms with Crippen molar-refractivity contribution in [2.45, 2.75) is 25.8 Å². The van der Waals surface area contributed by atoms with Crippen LogP contribution in [0.5, 0.6) is 5.88 Å². The minimum absolute atomic E-state index is 0.0909. The third-order valence-corrected chi connectivity index (χ3v) is 4.65. The van der Waals surface area contributed by atoms with Crippen molar-refractivity contribution in [2.24, 2.45) is 5.41 Å². The summed E-state index contributed by atoms with van der Waals surface area (Å²) in [7, 11) is 1.58. The summed E-state index contributed by atoms with van der Waals surface area (Å²) in [6, 6.07) is 11.4. The lowest BCUT2D eigenvalue weighted by molar-refractivity contribution is -0.126. The summed E-state index contributed by atoms with van der Waals surface area (Å²) in [5.74, 6) is 0.641. The molecule has 0 spiro atoms. The lowest BCUT2D eigenvalue weighted by Gasteiger charge is -2.16. The van der Waals surface area contributed by atoms with Gasteiger partial charge in [-0.3, -0.25) is 4.79 Å². The van der Waals surface area contributed by atoms with Gasteiger partial charge in [-0.1, -0.05) is 29.8 Å². The highest BCUT2D eigenvalue weighted by Gasteiger charge is 2.49. The average Bonchev–Trinajstić information content (AvgIpc) is 3.36. The molecule has 1 fully saturated rings. The van der Waals surface area contributed by atoms with E-state index in [1.807, 2.05) is 36.4 Å². The number of rotatable bonds is 6. The molecule has 0 radical (unpaired) electrons. The number of carbonyl (C=O) groups is 1. The molecule has 120 valence electrons. The van der Waals surface area contributed by atoms with Crippen LogP contribution in [0.2, 0.25) is 5.02 Å². The van der Waals surface area contributed by atoms with E-state index in [0.29, 0.717) is 18.8 Å². The van der Waals surface area contributed by atoms with E-state index in [0.717, 1.165) is 29.0 Å². The molecule has 0 unspecified atom stereocenters. The Labute approximate surface area is 140 Å². The number of hydrogen-bond acceptors (Lipinski definition) is 3. The number of ether oxygens (including phenoxy) is 1. The van der Waals surface area contributed by atoms with Crippen LogP contribution in [0, 0.1) is 5.41 Å². The fraction of sp³-hybridized carbons (Fsp3) is 0.333. The SMILES string of the molecule is COc1cc(CNC(=O)C2(Cc3ccccc3Cl)CC2)ccn1. The van der Waals surface area contributed by atoms with E-state index in [1.54, 1.807) is 13.3 Å². The molecule has 0 aliphatic heterocycles. The summed E-state index contributed by atoms with van der Waals surface area (Å²) in [6.07, 6.45) is 4.18. The second-order valence-corrected chi connectivity index (χ2v) is 6.34. The topological polar surface area (TPSA) is 51.2 Å². The van der Waals surface area contributed by atoms with Gasteiger partial charge < -0.3 is 10.1 Å². The standard InChI is InChI=1S/C18H19ClN2O2/c1-23-16-10-13(6-9-20-16)12-21-17(22)18(7-8-18)11-14-4-2-3-5-15(14)19/h2-6,9-10H,7-8,11-12H2,1H3,(H,21,22). The molecule has 1 heterocycles. The maximum atomic E-state index is 12.6. The van der Waals surface area contributed by atoms with Gasteiger partial charge in [-0.25, -0.2) is 4.98 Å². The van der Waals surface area contributed by atoms with Gasteiger partial charge >= 0.3 is 0 Å². The minimum Gasteiger partial charge on any atom is -0.481 e. The number of hydrogen-bond donors (Lipinski definition) is 1. The first-order chi connectivity index (χ1) is 11.1. The molecule has 1 aromatic carbocycles. The van der Waals surface area contributed by atoms with Gasteiger partial charge in [0.2, 0.25) is 11.8 Å². The molecule has 0 bridgehead atoms. The van der Waals surface area contributed by atoms with Gasteiger partial charge in [-0.2, -0.15) is 0 Å².